The van der Waals surface area contributed by atoms with E-state index in [1.807, 2.05) is 17.5 Å². The van der Waals surface area contributed by atoms with Crippen molar-refractivity contribution < 1.29 is 14.3 Å². The van der Waals surface area contributed by atoms with Crippen LogP contribution in [0, 0.1) is 5.92 Å². The molecule has 1 aromatic heterocycles. The number of esters is 1. The second-order valence-corrected chi connectivity index (χ2v) is 5.63. The maximum atomic E-state index is 11.8. The van der Waals surface area contributed by atoms with Crippen molar-refractivity contribution in [2.75, 3.05) is 13.7 Å². The van der Waals surface area contributed by atoms with Crippen molar-refractivity contribution in [1.82, 2.24) is 10.6 Å². The highest BCUT2D eigenvalue weighted by Gasteiger charge is 2.23. The summed E-state index contributed by atoms with van der Waals surface area (Å²) in [5.41, 5.74) is 0. The third kappa shape index (κ3) is 4.55. The molecule has 6 heteroatoms. The summed E-state index contributed by atoms with van der Waals surface area (Å²) >= 11 is 1.51. The number of carbonyl (C=O) groups excluding carboxylic acids is 2. The van der Waals surface area contributed by atoms with Crippen LogP contribution in [-0.4, -0.2) is 25.7 Å². The number of methoxy groups -OCH3 is 1. The Morgan fingerprint density at radius 3 is 2.89 bits per heavy atom. The van der Waals surface area contributed by atoms with Gasteiger partial charge in [0.05, 0.1) is 19.6 Å². The van der Waals surface area contributed by atoms with Gasteiger partial charge < -0.3 is 15.4 Å². The van der Waals surface area contributed by atoms with Crippen LogP contribution in [0.1, 0.15) is 30.2 Å². The summed E-state index contributed by atoms with van der Waals surface area (Å²) in [4.78, 5) is 24.1. The summed E-state index contributed by atoms with van der Waals surface area (Å²) in [7, 11) is 1.35. The molecule has 1 atom stereocenters. The van der Waals surface area contributed by atoms with E-state index in [2.05, 4.69) is 15.4 Å². The molecule has 5 nitrogen and oxygen atoms in total. The second-order valence-electron chi connectivity index (χ2n) is 4.65. The summed E-state index contributed by atoms with van der Waals surface area (Å²) in [6, 6.07) is 3.24. The molecule has 0 radical (unpaired) electrons. The monoisotopic (exact) mass is 282 g/mol. The number of carbonyl (C=O) groups is 2. The van der Waals surface area contributed by atoms with E-state index in [1.54, 1.807) is 0 Å². The third-order valence-electron chi connectivity index (χ3n) is 3.04. The van der Waals surface area contributed by atoms with E-state index in [4.69, 9.17) is 0 Å². The molecule has 2 amide bonds. The lowest BCUT2D eigenvalue weighted by Gasteiger charge is -2.16. The summed E-state index contributed by atoms with van der Waals surface area (Å²) in [5, 5.41) is 7.58. The van der Waals surface area contributed by atoms with Gasteiger partial charge >= 0.3 is 12.0 Å². The van der Waals surface area contributed by atoms with E-state index in [0.717, 1.165) is 4.88 Å². The zero-order chi connectivity index (χ0) is 13.7. The quantitative estimate of drug-likeness (QED) is 0.785. The molecule has 0 aromatic carbocycles. The molecule has 1 unspecified atom stereocenters. The molecular weight excluding hydrogens is 264 g/mol. The average molecular weight is 282 g/mol. The number of amides is 2. The van der Waals surface area contributed by atoms with Crippen molar-refractivity contribution in [2.24, 2.45) is 5.92 Å². The minimum atomic E-state index is -0.333. The summed E-state index contributed by atoms with van der Waals surface area (Å²) in [6.45, 7) is 0.710. The van der Waals surface area contributed by atoms with E-state index in [-0.39, 0.29) is 24.5 Å². The molecule has 1 heterocycles. The molecule has 0 spiro atoms. The molecule has 2 rings (SSSR count). The first-order valence-electron chi connectivity index (χ1n) is 6.33. The van der Waals surface area contributed by atoms with Gasteiger partial charge in [-0.15, -0.1) is 11.3 Å². The lowest BCUT2D eigenvalue weighted by Crippen LogP contribution is -2.39. The minimum Gasteiger partial charge on any atom is -0.469 e. The fraction of sp³-hybridized carbons (Fsp3) is 0.538. The van der Waals surface area contributed by atoms with Crippen molar-refractivity contribution >= 4 is 23.3 Å². The van der Waals surface area contributed by atoms with Gasteiger partial charge in [-0.05, 0) is 30.2 Å². The van der Waals surface area contributed by atoms with E-state index in [1.165, 1.54) is 31.3 Å². The van der Waals surface area contributed by atoms with Crippen molar-refractivity contribution in [3.8, 4) is 0 Å². The zero-order valence-corrected chi connectivity index (χ0v) is 11.7. The molecular formula is C13H18N2O3S. The maximum absolute atomic E-state index is 11.8. The van der Waals surface area contributed by atoms with Crippen molar-refractivity contribution in [3.05, 3.63) is 22.4 Å². The van der Waals surface area contributed by atoms with Gasteiger partial charge in [-0.2, -0.15) is 0 Å². The van der Waals surface area contributed by atoms with Gasteiger partial charge in [-0.3, -0.25) is 4.79 Å². The van der Waals surface area contributed by atoms with Gasteiger partial charge in [0.15, 0.2) is 0 Å². The number of hydrogen-bond acceptors (Lipinski definition) is 4. The molecule has 1 fully saturated rings. The lowest BCUT2D eigenvalue weighted by molar-refractivity contribution is -0.141. The van der Waals surface area contributed by atoms with Crippen LogP contribution in [0.2, 0.25) is 0 Å². The van der Waals surface area contributed by atoms with Crippen molar-refractivity contribution in [2.45, 2.75) is 25.3 Å². The van der Waals surface area contributed by atoms with Crippen LogP contribution in [0.4, 0.5) is 4.79 Å². The summed E-state index contributed by atoms with van der Waals surface area (Å²) in [5.74, 6) is 0.299. The van der Waals surface area contributed by atoms with Crippen molar-refractivity contribution in [1.29, 1.82) is 0 Å². The van der Waals surface area contributed by atoms with Gasteiger partial charge in [0.1, 0.15) is 0 Å². The van der Waals surface area contributed by atoms with E-state index < -0.39 is 0 Å². The number of hydrogen-bond donors (Lipinski definition) is 2. The topological polar surface area (TPSA) is 67.4 Å². The van der Waals surface area contributed by atoms with Gasteiger partial charge in [-0.25, -0.2) is 4.79 Å². The van der Waals surface area contributed by atoms with Crippen LogP contribution in [0.25, 0.3) is 0 Å². The van der Waals surface area contributed by atoms with E-state index >= 15 is 0 Å². The minimum absolute atomic E-state index is 0.147. The Morgan fingerprint density at radius 2 is 2.32 bits per heavy atom. The van der Waals surface area contributed by atoms with Crippen LogP contribution in [0.15, 0.2) is 17.5 Å². The normalized spacial score (nSPS) is 15.6. The SMILES string of the molecule is COC(=O)CC(NC(=O)NCC1CC1)c1cccs1. The first kappa shape index (κ1) is 13.9. The number of ether oxygens (including phenoxy) is 1. The van der Waals surface area contributed by atoms with Gasteiger partial charge in [-0.1, -0.05) is 6.07 Å². The molecule has 0 bridgehead atoms. The molecule has 0 aliphatic heterocycles. The summed E-state index contributed by atoms with van der Waals surface area (Å²) in [6.07, 6.45) is 2.53. The number of rotatable bonds is 6. The Bertz CT molecular complexity index is 429. The lowest BCUT2D eigenvalue weighted by atomic mass is 10.2. The van der Waals surface area contributed by atoms with Gasteiger partial charge in [0.25, 0.3) is 0 Å². The Balaban J connectivity index is 1.88. The molecule has 0 saturated heterocycles. The predicted molar refractivity (Wildman–Crippen MR) is 73.0 cm³/mol. The highest BCUT2D eigenvalue weighted by Crippen LogP contribution is 2.27. The smallest absolute Gasteiger partial charge is 0.315 e. The van der Waals surface area contributed by atoms with Crippen LogP contribution in [0.5, 0.6) is 0 Å². The van der Waals surface area contributed by atoms with Crippen molar-refractivity contribution in [3.63, 3.8) is 0 Å². The third-order valence-corrected chi connectivity index (χ3v) is 4.02. The summed E-state index contributed by atoms with van der Waals surface area (Å²) < 4.78 is 4.66. The van der Waals surface area contributed by atoms with Gasteiger partial charge in [0.2, 0.25) is 0 Å². The van der Waals surface area contributed by atoms with Gasteiger partial charge in [0, 0.05) is 11.4 Å². The number of urea groups is 1. The molecule has 1 aromatic rings. The van der Waals surface area contributed by atoms with E-state index in [0.29, 0.717) is 12.5 Å². The molecule has 2 N–H and O–H groups in total. The molecule has 104 valence electrons. The largest absolute Gasteiger partial charge is 0.469 e. The van der Waals surface area contributed by atoms with Crippen LogP contribution in [0.3, 0.4) is 0 Å². The van der Waals surface area contributed by atoms with Crippen LogP contribution < -0.4 is 10.6 Å². The fourth-order valence-corrected chi connectivity index (χ4v) is 2.51. The Hall–Kier alpha value is -1.56. The highest BCUT2D eigenvalue weighted by molar-refractivity contribution is 7.10. The molecule has 19 heavy (non-hydrogen) atoms. The molecule has 1 aliphatic rings. The Morgan fingerprint density at radius 1 is 1.53 bits per heavy atom. The predicted octanol–water partition coefficient (Wildman–Crippen LogP) is 2.06. The Labute approximate surface area is 116 Å². The fourth-order valence-electron chi connectivity index (χ4n) is 1.73. The first-order valence-corrected chi connectivity index (χ1v) is 7.21. The average Bonchev–Trinajstić information content (AvgIpc) is 3.07. The van der Waals surface area contributed by atoms with Crippen LogP contribution in [-0.2, 0) is 9.53 Å². The number of thiophene rings is 1. The highest BCUT2D eigenvalue weighted by atomic mass is 32.1. The maximum Gasteiger partial charge on any atom is 0.315 e. The molecule has 1 saturated carbocycles. The number of nitrogens with one attached hydrogen (secondary N) is 2. The standard InChI is InChI=1S/C13H18N2O3S/c1-18-12(16)7-10(11-3-2-6-19-11)15-13(17)14-8-9-4-5-9/h2-3,6,9-10H,4-5,7-8H2,1H3,(H2,14,15,17). The second kappa shape index (κ2) is 6.56. The van der Waals surface area contributed by atoms with Crippen LogP contribution >= 0.6 is 11.3 Å². The van der Waals surface area contributed by atoms with E-state index in [9.17, 15) is 9.59 Å². The first-order chi connectivity index (χ1) is 9.19. The Kier molecular flexibility index (Phi) is 4.79. The zero-order valence-electron chi connectivity index (χ0n) is 10.8. The molecule has 1 aliphatic carbocycles.